The fourth-order valence-corrected chi connectivity index (χ4v) is 4.26. The van der Waals surface area contributed by atoms with Crippen molar-refractivity contribution in [3.8, 4) is 0 Å². The topological polar surface area (TPSA) is 17.1 Å². The predicted molar refractivity (Wildman–Crippen MR) is 82.7 cm³/mol. The molecular weight excluding hydrogens is 248 g/mol. The van der Waals surface area contributed by atoms with Crippen LogP contribution in [0.3, 0.4) is 0 Å². The van der Waals surface area contributed by atoms with E-state index in [-0.39, 0.29) is 10.8 Å². The largest absolute Gasteiger partial charge is 0.287 e. The normalized spacial score (nSPS) is 16.0. The van der Waals surface area contributed by atoms with Crippen molar-refractivity contribution >= 4 is 28.6 Å². The summed E-state index contributed by atoms with van der Waals surface area (Å²) in [6, 6.07) is 0. The first kappa shape index (κ1) is 17.4. The zero-order valence-electron chi connectivity index (χ0n) is 12.4. The molecule has 0 aliphatic carbocycles. The number of carbonyl (C=O) groups excluding carboxylic acids is 1. The molecule has 0 aromatic heterocycles. The average molecular weight is 277 g/mol. The van der Waals surface area contributed by atoms with Gasteiger partial charge in [-0.1, -0.05) is 60.2 Å². The molecule has 1 nitrogen and oxygen atoms in total. The number of thioether (sulfide) groups is 2. The molecule has 0 saturated carbocycles. The molecule has 0 rings (SSSR count). The van der Waals surface area contributed by atoms with Crippen LogP contribution < -0.4 is 0 Å². The maximum absolute atomic E-state index is 12.3. The highest BCUT2D eigenvalue weighted by Gasteiger charge is 2.35. The van der Waals surface area contributed by atoms with E-state index in [2.05, 4.69) is 48.5 Å². The van der Waals surface area contributed by atoms with Crippen LogP contribution in [0.4, 0.5) is 0 Å². The second-order valence-corrected chi connectivity index (χ2v) is 9.30. The highest BCUT2D eigenvalue weighted by atomic mass is 32.2. The molecule has 0 bridgehead atoms. The van der Waals surface area contributed by atoms with Crippen LogP contribution in [0.1, 0.15) is 61.3 Å². The Hall–Kier alpha value is 0.370. The molecule has 102 valence electrons. The van der Waals surface area contributed by atoms with E-state index in [0.717, 1.165) is 17.9 Å². The van der Waals surface area contributed by atoms with Crippen molar-refractivity contribution in [3.63, 3.8) is 0 Å². The van der Waals surface area contributed by atoms with Crippen molar-refractivity contribution in [2.45, 2.75) is 66.6 Å². The third kappa shape index (κ3) is 7.40. The van der Waals surface area contributed by atoms with E-state index in [1.165, 1.54) is 11.8 Å². The first-order valence-electron chi connectivity index (χ1n) is 6.39. The van der Waals surface area contributed by atoms with Crippen molar-refractivity contribution in [1.82, 2.24) is 0 Å². The first-order chi connectivity index (χ1) is 7.60. The lowest BCUT2D eigenvalue weighted by atomic mass is 9.74. The van der Waals surface area contributed by atoms with Gasteiger partial charge in [-0.15, -0.1) is 11.8 Å². The Labute approximate surface area is 116 Å². The maximum Gasteiger partial charge on any atom is 0.195 e. The molecule has 1 unspecified atom stereocenters. The van der Waals surface area contributed by atoms with E-state index in [9.17, 15) is 4.79 Å². The van der Waals surface area contributed by atoms with E-state index in [1.807, 2.05) is 11.8 Å². The molecule has 0 spiro atoms. The van der Waals surface area contributed by atoms with Crippen molar-refractivity contribution in [3.05, 3.63) is 0 Å². The van der Waals surface area contributed by atoms with Crippen molar-refractivity contribution in [1.29, 1.82) is 0 Å². The highest BCUT2D eigenvalue weighted by molar-refractivity contribution is 8.24. The minimum absolute atomic E-state index is 0.166. The molecule has 0 N–H and O–H groups in total. The zero-order valence-corrected chi connectivity index (χ0v) is 14.1. The molecule has 0 fully saturated rings. The molecule has 0 radical (unpaired) electrons. The molecule has 17 heavy (non-hydrogen) atoms. The molecule has 0 aromatic carbocycles. The summed E-state index contributed by atoms with van der Waals surface area (Å²) < 4.78 is 0. The molecule has 0 aliphatic rings. The van der Waals surface area contributed by atoms with Gasteiger partial charge in [0, 0.05) is 10.5 Å². The van der Waals surface area contributed by atoms with E-state index in [1.54, 1.807) is 0 Å². The van der Waals surface area contributed by atoms with Crippen LogP contribution in [-0.2, 0) is 4.79 Å². The van der Waals surface area contributed by atoms with Gasteiger partial charge in [-0.3, -0.25) is 4.79 Å². The molecule has 0 aromatic rings. The second kappa shape index (κ2) is 7.08. The minimum atomic E-state index is -0.166. The lowest BCUT2D eigenvalue weighted by Crippen LogP contribution is -2.30. The van der Waals surface area contributed by atoms with Crippen LogP contribution in [0.15, 0.2) is 0 Å². The SMILES string of the molecule is CCC(C)(CC(C)(C)C)C(=O)SCSC(C)C. The third-order valence-electron chi connectivity index (χ3n) is 2.79. The van der Waals surface area contributed by atoms with Crippen LogP contribution in [-0.4, -0.2) is 15.5 Å². The first-order valence-corrected chi connectivity index (χ1v) is 8.43. The number of carbonyl (C=O) groups is 1. The van der Waals surface area contributed by atoms with Crippen molar-refractivity contribution in [2.24, 2.45) is 10.8 Å². The maximum atomic E-state index is 12.3. The van der Waals surface area contributed by atoms with Gasteiger partial charge in [0.25, 0.3) is 0 Å². The van der Waals surface area contributed by atoms with Crippen LogP contribution in [0.2, 0.25) is 0 Å². The smallest absolute Gasteiger partial charge is 0.195 e. The highest BCUT2D eigenvalue weighted by Crippen LogP contribution is 2.40. The average Bonchev–Trinajstić information content (AvgIpc) is 2.14. The van der Waals surface area contributed by atoms with Crippen LogP contribution in [0, 0.1) is 10.8 Å². The van der Waals surface area contributed by atoms with E-state index in [0.29, 0.717) is 10.4 Å². The quantitative estimate of drug-likeness (QED) is 0.621. The van der Waals surface area contributed by atoms with Gasteiger partial charge in [0.2, 0.25) is 0 Å². The molecule has 1 atom stereocenters. The lowest BCUT2D eigenvalue weighted by molar-refractivity contribution is -0.120. The molecule has 3 heteroatoms. The summed E-state index contributed by atoms with van der Waals surface area (Å²) in [5, 5.41) is 1.85. The summed E-state index contributed by atoms with van der Waals surface area (Å²) in [6.45, 7) is 15.2. The van der Waals surface area contributed by atoms with E-state index < -0.39 is 0 Å². The van der Waals surface area contributed by atoms with Gasteiger partial charge in [-0.25, -0.2) is 0 Å². The van der Waals surface area contributed by atoms with Gasteiger partial charge in [-0.05, 0) is 23.5 Å². The molecule has 0 saturated heterocycles. The monoisotopic (exact) mass is 276 g/mol. The molecular formula is C14H28OS2. The van der Waals surface area contributed by atoms with Crippen molar-refractivity contribution < 1.29 is 4.79 Å². The van der Waals surface area contributed by atoms with E-state index >= 15 is 0 Å². The van der Waals surface area contributed by atoms with Gasteiger partial charge in [0.1, 0.15) is 0 Å². The predicted octanol–water partition coefficient (Wildman–Crippen LogP) is 5.20. The summed E-state index contributed by atoms with van der Waals surface area (Å²) in [5.41, 5.74) is 0.0482. The lowest BCUT2D eigenvalue weighted by Gasteiger charge is -2.33. The fourth-order valence-electron chi connectivity index (χ4n) is 1.91. The Morgan fingerprint density at radius 2 is 1.71 bits per heavy atom. The number of rotatable bonds is 6. The van der Waals surface area contributed by atoms with Gasteiger partial charge in [0.05, 0.1) is 0 Å². The summed E-state index contributed by atoms with van der Waals surface area (Å²) in [6.07, 6.45) is 1.90. The molecule has 0 amide bonds. The van der Waals surface area contributed by atoms with Crippen molar-refractivity contribution in [2.75, 3.05) is 5.08 Å². The molecule has 0 heterocycles. The Balaban J connectivity index is 4.38. The standard InChI is InChI=1S/C14H28OS2/c1-8-14(7,9-13(4,5)6)12(15)17-10-16-11(2)3/h11H,8-10H2,1-7H3. The fraction of sp³-hybridized carbons (Fsp3) is 0.929. The van der Waals surface area contributed by atoms with Crippen LogP contribution in [0.25, 0.3) is 0 Å². The van der Waals surface area contributed by atoms with Crippen LogP contribution >= 0.6 is 23.5 Å². The Morgan fingerprint density at radius 3 is 2.06 bits per heavy atom. The minimum Gasteiger partial charge on any atom is -0.287 e. The Kier molecular flexibility index (Phi) is 7.23. The summed E-state index contributed by atoms with van der Waals surface area (Å²) >= 11 is 3.35. The van der Waals surface area contributed by atoms with Gasteiger partial charge in [-0.2, -0.15) is 0 Å². The number of hydrogen-bond donors (Lipinski definition) is 0. The van der Waals surface area contributed by atoms with E-state index in [4.69, 9.17) is 0 Å². The zero-order chi connectivity index (χ0) is 13.7. The Morgan fingerprint density at radius 1 is 1.18 bits per heavy atom. The summed E-state index contributed by atoms with van der Waals surface area (Å²) in [4.78, 5) is 12.3. The summed E-state index contributed by atoms with van der Waals surface area (Å²) in [5.74, 6) is 0. The third-order valence-corrected chi connectivity index (χ3v) is 5.22. The molecule has 0 aliphatic heterocycles. The second-order valence-electron chi connectivity index (χ2n) is 6.42. The van der Waals surface area contributed by atoms with Gasteiger partial charge in [0.15, 0.2) is 5.12 Å². The Bertz CT molecular complexity index is 243. The van der Waals surface area contributed by atoms with Gasteiger partial charge >= 0.3 is 0 Å². The van der Waals surface area contributed by atoms with Gasteiger partial charge < -0.3 is 0 Å². The van der Waals surface area contributed by atoms with Crippen LogP contribution in [0.5, 0.6) is 0 Å². The summed E-state index contributed by atoms with van der Waals surface area (Å²) in [7, 11) is 0. The number of hydrogen-bond acceptors (Lipinski definition) is 3.